The number of ether oxygens (including phenoxy) is 2. The molecule has 9 nitrogen and oxygen atoms in total. The van der Waals surface area contributed by atoms with Crippen LogP contribution in [-0.4, -0.2) is 86.6 Å². The SMILES string of the molecule is CN(C)c1nc(-c2nc(N3CCOCC3)nc(N3CCOCC3)n2)cs1. The average molecular weight is 377 g/mol. The number of rotatable bonds is 4. The van der Waals surface area contributed by atoms with Gasteiger partial charge in [0.2, 0.25) is 11.9 Å². The lowest BCUT2D eigenvalue weighted by Crippen LogP contribution is -2.40. The van der Waals surface area contributed by atoms with Crippen LogP contribution in [0.4, 0.5) is 17.0 Å². The Hall–Kier alpha value is -2.04. The number of hydrogen-bond donors (Lipinski definition) is 0. The van der Waals surface area contributed by atoms with Crippen LogP contribution in [0.1, 0.15) is 0 Å². The number of aromatic nitrogens is 4. The largest absolute Gasteiger partial charge is 0.378 e. The van der Waals surface area contributed by atoms with Crippen molar-refractivity contribution >= 4 is 28.4 Å². The fourth-order valence-corrected chi connectivity index (χ4v) is 3.59. The molecule has 0 saturated carbocycles. The second-order valence-corrected chi connectivity index (χ2v) is 7.20. The minimum atomic E-state index is 0.618. The van der Waals surface area contributed by atoms with Crippen molar-refractivity contribution in [3.8, 4) is 11.5 Å². The van der Waals surface area contributed by atoms with Crippen LogP contribution in [-0.2, 0) is 9.47 Å². The van der Waals surface area contributed by atoms with Crippen LogP contribution in [0.25, 0.3) is 11.5 Å². The van der Waals surface area contributed by atoms with E-state index in [9.17, 15) is 0 Å². The Bertz CT molecular complexity index is 706. The zero-order chi connectivity index (χ0) is 17.9. The van der Waals surface area contributed by atoms with E-state index in [2.05, 4.69) is 14.8 Å². The van der Waals surface area contributed by atoms with E-state index in [0.29, 0.717) is 44.1 Å². The molecule has 2 fully saturated rings. The van der Waals surface area contributed by atoms with Crippen LogP contribution >= 0.6 is 11.3 Å². The molecule has 2 aromatic rings. The third-order valence-corrected chi connectivity index (χ3v) is 5.31. The molecular weight excluding hydrogens is 354 g/mol. The summed E-state index contributed by atoms with van der Waals surface area (Å²) in [7, 11) is 3.96. The number of morpholine rings is 2. The van der Waals surface area contributed by atoms with E-state index in [1.54, 1.807) is 11.3 Å². The summed E-state index contributed by atoms with van der Waals surface area (Å²) >= 11 is 1.58. The van der Waals surface area contributed by atoms with E-state index < -0.39 is 0 Å². The summed E-state index contributed by atoms with van der Waals surface area (Å²) < 4.78 is 10.9. The van der Waals surface area contributed by atoms with Gasteiger partial charge in [0.1, 0.15) is 5.69 Å². The van der Waals surface area contributed by atoms with E-state index in [0.717, 1.165) is 37.0 Å². The lowest BCUT2D eigenvalue weighted by atomic mass is 10.4. The molecule has 2 aliphatic heterocycles. The van der Waals surface area contributed by atoms with Gasteiger partial charge in [-0.25, -0.2) is 4.98 Å². The van der Waals surface area contributed by atoms with Gasteiger partial charge in [0.05, 0.1) is 26.4 Å². The van der Waals surface area contributed by atoms with Crippen molar-refractivity contribution in [2.45, 2.75) is 0 Å². The number of thiazole rings is 1. The van der Waals surface area contributed by atoms with Crippen molar-refractivity contribution in [2.75, 3.05) is 81.4 Å². The summed E-state index contributed by atoms with van der Waals surface area (Å²) in [6, 6.07) is 0. The molecule has 0 aromatic carbocycles. The molecule has 0 bridgehead atoms. The van der Waals surface area contributed by atoms with E-state index in [1.807, 2.05) is 24.4 Å². The second-order valence-electron chi connectivity index (χ2n) is 6.37. The van der Waals surface area contributed by atoms with Gasteiger partial charge in [-0.2, -0.15) is 15.0 Å². The Kier molecular flexibility index (Phi) is 5.14. The molecule has 0 N–H and O–H groups in total. The molecule has 0 spiro atoms. The molecule has 0 unspecified atom stereocenters. The van der Waals surface area contributed by atoms with Gasteiger partial charge in [0, 0.05) is 45.7 Å². The van der Waals surface area contributed by atoms with Crippen molar-refractivity contribution in [3.05, 3.63) is 5.38 Å². The van der Waals surface area contributed by atoms with Crippen molar-refractivity contribution in [2.24, 2.45) is 0 Å². The van der Waals surface area contributed by atoms with Gasteiger partial charge in [-0.15, -0.1) is 11.3 Å². The Balaban J connectivity index is 1.70. The van der Waals surface area contributed by atoms with Crippen LogP contribution < -0.4 is 14.7 Å². The zero-order valence-corrected chi connectivity index (χ0v) is 15.9. The molecule has 4 rings (SSSR count). The highest BCUT2D eigenvalue weighted by Crippen LogP contribution is 2.27. The van der Waals surface area contributed by atoms with Crippen molar-refractivity contribution in [1.82, 2.24) is 19.9 Å². The Labute approximate surface area is 156 Å². The van der Waals surface area contributed by atoms with Gasteiger partial charge >= 0.3 is 0 Å². The molecule has 2 aliphatic rings. The first-order chi connectivity index (χ1) is 12.7. The van der Waals surface area contributed by atoms with Crippen LogP contribution in [0.15, 0.2) is 5.38 Å². The second kappa shape index (κ2) is 7.68. The maximum Gasteiger partial charge on any atom is 0.230 e. The quantitative estimate of drug-likeness (QED) is 0.766. The summed E-state index contributed by atoms with van der Waals surface area (Å²) in [6.07, 6.45) is 0. The fourth-order valence-electron chi connectivity index (χ4n) is 2.85. The van der Waals surface area contributed by atoms with Gasteiger partial charge in [0.25, 0.3) is 0 Å². The smallest absolute Gasteiger partial charge is 0.230 e. The predicted octanol–water partition coefficient (Wildman–Crippen LogP) is 0.734. The third-order valence-electron chi connectivity index (χ3n) is 4.30. The normalized spacial score (nSPS) is 18.2. The molecule has 140 valence electrons. The van der Waals surface area contributed by atoms with Gasteiger partial charge < -0.3 is 24.2 Å². The van der Waals surface area contributed by atoms with Gasteiger partial charge in [-0.05, 0) is 0 Å². The third kappa shape index (κ3) is 3.71. The van der Waals surface area contributed by atoms with E-state index >= 15 is 0 Å². The minimum Gasteiger partial charge on any atom is -0.378 e. The fraction of sp³-hybridized carbons (Fsp3) is 0.625. The van der Waals surface area contributed by atoms with Crippen molar-refractivity contribution < 1.29 is 9.47 Å². The number of hydrogen-bond acceptors (Lipinski definition) is 10. The first kappa shape index (κ1) is 17.4. The topological polar surface area (TPSA) is 79.7 Å². The maximum atomic E-state index is 5.46. The molecular formula is C16H23N7O2S. The maximum absolute atomic E-state index is 5.46. The first-order valence-electron chi connectivity index (χ1n) is 8.75. The van der Waals surface area contributed by atoms with Crippen molar-refractivity contribution in [1.29, 1.82) is 0 Å². The van der Waals surface area contributed by atoms with E-state index in [4.69, 9.17) is 24.4 Å². The van der Waals surface area contributed by atoms with E-state index in [-0.39, 0.29) is 0 Å². The van der Waals surface area contributed by atoms with Crippen LogP contribution in [0, 0.1) is 0 Å². The molecule has 0 atom stereocenters. The highest BCUT2D eigenvalue weighted by atomic mass is 32.1. The van der Waals surface area contributed by atoms with Gasteiger partial charge in [0.15, 0.2) is 11.0 Å². The molecule has 0 radical (unpaired) electrons. The number of anilines is 3. The zero-order valence-electron chi connectivity index (χ0n) is 15.1. The molecule has 4 heterocycles. The van der Waals surface area contributed by atoms with Crippen LogP contribution in [0.2, 0.25) is 0 Å². The highest BCUT2D eigenvalue weighted by Gasteiger charge is 2.22. The van der Waals surface area contributed by atoms with Gasteiger partial charge in [-0.1, -0.05) is 0 Å². The Morgan fingerprint density at radius 2 is 1.38 bits per heavy atom. The summed E-state index contributed by atoms with van der Waals surface area (Å²) in [4.78, 5) is 25.1. The number of nitrogens with zero attached hydrogens (tertiary/aromatic N) is 7. The van der Waals surface area contributed by atoms with Crippen molar-refractivity contribution in [3.63, 3.8) is 0 Å². The molecule has 2 saturated heterocycles. The lowest BCUT2D eigenvalue weighted by Gasteiger charge is -2.30. The summed E-state index contributed by atoms with van der Waals surface area (Å²) in [5.74, 6) is 2.01. The predicted molar refractivity (Wildman–Crippen MR) is 101 cm³/mol. The van der Waals surface area contributed by atoms with E-state index in [1.165, 1.54) is 0 Å². The standard InChI is InChI=1S/C16H23N7O2S/c1-21(2)16-17-12(11-26-16)13-18-14(22-3-7-24-8-4-22)20-15(19-13)23-5-9-25-10-6-23/h11H,3-10H2,1-2H3. The van der Waals surface area contributed by atoms with Crippen LogP contribution in [0.3, 0.4) is 0 Å². The Morgan fingerprint density at radius 3 is 1.85 bits per heavy atom. The van der Waals surface area contributed by atoms with Gasteiger partial charge in [-0.3, -0.25) is 0 Å². The highest BCUT2D eigenvalue weighted by molar-refractivity contribution is 7.14. The van der Waals surface area contributed by atoms with Crippen LogP contribution in [0.5, 0.6) is 0 Å². The summed E-state index contributed by atoms with van der Waals surface area (Å²) in [5, 5.41) is 2.93. The Morgan fingerprint density at radius 1 is 0.846 bits per heavy atom. The molecule has 0 aliphatic carbocycles. The summed E-state index contributed by atoms with van der Waals surface area (Å²) in [5.41, 5.74) is 0.783. The molecule has 2 aromatic heterocycles. The minimum absolute atomic E-state index is 0.618. The first-order valence-corrected chi connectivity index (χ1v) is 9.63. The average Bonchev–Trinajstić information content (AvgIpc) is 3.20. The molecule has 0 amide bonds. The summed E-state index contributed by atoms with van der Waals surface area (Å²) in [6.45, 7) is 5.89. The molecule has 10 heteroatoms. The lowest BCUT2D eigenvalue weighted by molar-refractivity contribution is 0.121. The monoisotopic (exact) mass is 377 g/mol. The molecule has 26 heavy (non-hydrogen) atoms.